The van der Waals surface area contributed by atoms with Crippen LogP contribution in [0.1, 0.15) is 41.5 Å². The van der Waals surface area contributed by atoms with Gasteiger partial charge in [0.15, 0.2) is 5.69 Å². The number of carbonyl (C=O) groups is 1. The minimum absolute atomic E-state index is 0.229. The molecular weight excluding hydrogens is 389 g/mol. The Kier molecular flexibility index (Phi) is 5.89. The molecule has 2 aromatic rings. The van der Waals surface area contributed by atoms with Crippen molar-refractivity contribution in [2.45, 2.75) is 26.2 Å². The summed E-state index contributed by atoms with van der Waals surface area (Å²) in [6, 6.07) is 5.46. The lowest BCUT2D eigenvalue weighted by atomic mass is 10.1. The summed E-state index contributed by atoms with van der Waals surface area (Å²) in [7, 11) is 0. The van der Waals surface area contributed by atoms with E-state index in [2.05, 4.69) is 31.4 Å². The van der Waals surface area contributed by atoms with Gasteiger partial charge in [0.25, 0.3) is 5.91 Å². The zero-order valence-corrected chi connectivity index (χ0v) is 15.3. The first-order chi connectivity index (χ1) is 10.4. The summed E-state index contributed by atoms with van der Waals surface area (Å²) in [6.45, 7) is 4.51. The van der Waals surface area contributed by atoms with Crippen LogP contribution in [0.4, 0.5) is 0 Å². The summed E-state index contributed by atoms with van der Waals surface area (Å²) in [4.78, 5) is 12.2. The molecule has 1 aromatic carbocycles. The molecule has 0 unspecified atom stereocenters. The lowest BCUT2D eigenvalue weighted by Crippen LogP contribution is -2.26. The van der Waals surface area contributed by atoms with Gasteiger partial charge in [0.05, 0.1) is 20.2 Å². The van der Waals surface area contributed by atoms with Crippen LogP contribution in [-0.4, -0.2) is 22.6 Å². The van der Waals surface area contributed by atoms with Crippen LogP contribution >= 0.6 is 39.1 Å². The van der Waals surface area contributed by atoms with Crippen molar-refractivity contribution < 1.29 is 4.79 Å². The van der Waals surface area contributed by atoms with Gasteiger partial charge in [0, 0.05) is 6.54 Å². The lowest BCUT2D eigenvalue weighted by Gasteiger charge is -2.07. The van der Waals surface area contributed by atoms with Crippen LogP contribution < -0.4 is 5.32 Å². The van der Waals surface area contributed by atoms with Crippen LogP contribution in [0.25, 0.3) is 0 Å². The maximum atomic E-state index is 12.2. The Labute approximate surface area is 147 Å². The SMILES string of the molecule is CC(C)c1[nH]nc(C(=O)NCCc2cccc(Cl)c2Cl)c1Br. The van der Waals surface area contributed by atoms with Crippen LogP contribution in [0.3, 0.4) is 0 Å². The molecule has 2 N–H and O–H groups in total. The van der Waals surface area contributed by atoms with Gasteiger partial charge in [-0.1, -0.05) is 49.2 Å². The van der Waals surface area contributed by atoms with E-state index in [1.54, 1.807) is 6.07 Å². The highest BCUT2D eigenvalue weighted by molar-refractivity contribution is 9.10. The molecule has 0 atom stereocenters. The van der Waals surface area contributed by atoms with Crippen molar-refractivity contribution in [3.05, 3.63) is 49.7 Å². The fourth-order valence-corrected chi connectivity index (χ4v) is 3.24. The molecule has 0 aliphatic heterocycles. The first kappa shape index (κ1) is 17.3. The molecule has 0 spiro atoms. The molecule has 0 bridgehead atoms. The fraction of sp³-hybridized carbons (Fsp3) is 0.333. The fourth-order valence-electron chi connectivity index (χ4n) is 2.01. The quantitative estimate of drug-likeness (QED) is 0.766. The van der Waals surface area contributed by atoms with E-state index in [9.17, 15) is 4.79 Å². The average Bonchev–Trinajstić information content (AvgIpc) is 2.85. The van der Waals surface area contributed by atoms with Crippen LogP contribution in [0.2, 0.25) is 10.0 Å². The van der Waals surface area contributed by atoms with Crippen LogP contribution in [0, 0.1) is 0 Å². The van der Waals surface area contributed by atoms with Gasteiger partial charge in [-0.2, -0.15) is 5.10 Å². The molecular formula is C15H16BrCl2N3O. The summed E-state index contributed by atoms with van der Waals surface area (Å²) >= 11 is 15.5. The first-order valence-electron chi connectivity index (χ1n) is 6.86. The second-order valence-corrected chi connectivity index (χ2v) is 6.75. The standard InChI is InChI=1S/C15H16BrCl2N3O/c1-8(2)13-11(16)14(21-20-13)15(22)19-7-6-9-4-3-5-10(17)12(9)18/h3-5,8H,6-7H2,1-2H3,(H,19,22)(H,20,21). The van der Waals surface area contributed by atoms with Crippen molar-refractivity contribution in [3.8, 4) is 0 Å². The molecule has 1 heterocycles. The number of H-pyrrole nitrogens is 1. The number of aromatic nitrogens is 2. The molecule has 1 amide bonds. The Morgan fingerprint density at radius 1 is 1.41 bits per heavy atom. The molecule has 0 saturated carbocycles. The van der Waals surface area contributed by atoms with Gasteiger partial charge in [-0.05, 0) is 39.9 Å². The number of nitrogens with zero attached hydrogens (tertiary/aromatic N) is 1. The van der Waals surface area contributed by atoms with Gasteiger partial charge in [-0.3, -0.25) is 9.89 Å². The second-order valence-electron chi connectivity index (χ2n) is 5.17. The average molecular weight is 405 g/mol. The molecule has 118 valence electrons. The van der Waals surface area contributed by atoms with Crippen LogP contribution in [-0.2, 0) is 6.42 Å². The van der Waals surface area contributed by atoms with Gasteiger partial charge in [-0.25, -0.2) is 0 Å². The molecule has 0 aliphatic rings. The zero-order chi connectivity index (χ0) is 16.3. The largest absolute Gasteiger partial charge is 0.350 e. The highest BCUT2D eigenvalue weighted by atomic mass is 79.9. The molecule has 2 rings (SSSR count). The molecule has 0 radical (unpaired) electrons. The van der Waals surface area contributed by atoms with Gasteiger partial charge in [-0.15, -0.1) is 0 Å². The number of amides is 1. The van der Waals surface area contributed by atoms with E-state index in [0.717, 1.165) is 11.3 Å². The third-order valence-electron chi connectivity index (χ3n) is 3.24. The number of hydrogen-bond donors (Lipinski definition) is 2. The van der Waals surface area contributed by atoms with E-state index in [0.29, 0.717) is 33.2 Å². The molecule has 0 saturated heterocycles. The number of halogens is 3. The van der Waals surface area contributed by atoms with E-state index < -0.39 is 0 Å². The van der Waals surface area contributed by atoms with Crippen LogP contribution in [0.15, 0.2) is 22.7 Å². The Balaban J connectivity index is 1.97. The van der Waals surface area contributed by atoms with Crippen LogP contribution in [0.5, 0.6) is 0 Å². The maximum absolute atomic E-state index is 12.2. The molecule has 22 heavy (non-hydrogen) atoms. The lowest BCUT2D eigenvalue weighted by molar-refractivity contribution is 0.0948. The highest BCUT2D eigenvalue weighted by Gasteiger charge is 2.18. The summed E-state index contributed by atoms with van der Waals surface area (Å²) in [6.07, 6.45) is 0.601. The number of hydrogen-bond acceptors (Lipinski definition) is 2. The Morgan fingerprint density at radius 3 is 2.77 bits per heavy atom. The van der Waals surface area contributed by atoms with Gasteiger partial charge in [0.2, 0.25) is 0 Å². The number of aromatic amines is 1. The van der Waals surface area contributed by atoms with Crippen molar-refractivity contribution in [1.82, 2.24) is 15.5 Å². The minimum atomic E-state index is -0.229. The summed E-state index contributed by atoms with van der Waals surface area (Å²) in [5, 5.41) is 10.8. The highest BCUT2D eigenvalue weighted by Crippen LogP contribution is 2.26. The minimum Gasteiger partial charge on any atom is -0.350 e. The zero-order valence-electron chi connectivity index (χ0n) is 12.2. The molecule has 4 nitrogen and oxygen atoms in total. The number of carbonyl (C=O) groups excluding carboxylic acids is 1. The normalized spacial score (nSPS) is 11.0. The summed E-state index contributed by atoms with van der Waals surface area (Å²) in [5.74, 6) is 0.0295. The number of nitrogens with one attached hydrogen (secondary N) is 2. The molecule has 0 aliphatic carbocycles. The van der Waals surface area contributed by atoms with E-state index in [1.807, 2.05) is 26.0 Å². The van der Waals surface area contributed by atoms with Crippen molar-refractivity contribution in [3.63, 3.8) is 0 Å². The van der Waals surface area contributed by atoms with E-state index in [-0.39, 0.29) is 11.8 Å². The smallest absolute Gasteiger partial charge is 0.272 e. The Morgan fingerprint density at radius 2 is 2.14 bits per heavy atom. The van der Waals surface area contributed by atoms with E-state index in [1.165, 1.54) is 0 Å². The number of rotatable bonds is 5. The van der Waals surface area contributed by atoms with Gasteiger partial charge < -0.3 is 5.32 Å². The van der Waals surface area contributed by atoms with Gasteiger partial charge >= 0.3 is 0 Å². The Bertz CT molecular complexity index is 685. The first-order valence-corrected chi connectivity index (χ1v) is 8.41. The predicted molar refractivity (Wildman–Crippen MR) is 92.9 cm³/mol. The topological polar surface area (TPSA) is 57.8 Å². The molecule has 0 fully saturated rings. The van der Waals surface area contributed by atoms with Crippen molar-refractivity contribution in [2.75, 3.05) is 6.54 Å². The van der Waals surface area contributed by atoms with Crippen molar-refractivity contribution >= 4 is 45.0 Å². The second kappa shape index (κ2) is 7.49. The summed E-state index contributed by atoms with van der Waals surface area (Å²) in [5.41, 5.74) is 2.17. The predicted octanol–water partition coefficient (Wildman–Crippen LogP) is 4.57. The third-order valence-corrected chi connectivity index (χ3v) is 4.90. The van der Waals surface area contributed by atoms with Crippen molar-refractivity contribution in [2.24, 2.45) is 0 Å². The molecule has 1 aromatic heterocycles. The third kappa shape index (κ3) is 3.83. The van der Waals surface area contributed by atoms with Crippen molar-refractivity contribution in [1.29, 1.82) is 0 Å². The molecule has 7 heteroatoms. The van der Waals surface area contributed by atoms with Gasteiger partial charge in [0.1, 0.15) is 0 Å². The van der Waals surface area contributed by atoms with E-state index >= 15 is 0 Å². The monoisotopic (exact) mass is 403 g/mol. The summed E-state index contributed by atoms with van der Waals surface area (Å²) < 4.78 is 0.709. The number of benzene rings is 1. The van der Waals surface area contributed by atoms with E-state index in [4.69, 9.17) is 23.2 Å². The Hall–Kier alpha value is -1.04. The maximum Gasteiger partial charge on any atom is 0.272 e.